The molecule has 1 fully saturated rings. The minimum Gasteiger partial charge on any atom is -0.469 e. The largest absolute Gasteiger partial charge is 0.469 e. The van der Waals surface area contributed by atoms with Gasteiger partial charge < -0.3 is 15.0 Å². The first-order valence-corrected chi connectivity index (χ1v) is 11.4. The molecule has 0 radical (unpaired) electrons. The van der Waals surface area contributed by atoms with Gasteiger partial charge in [-0.1, -0.05) is 48.5 Å². The summed E-state index contributed by atoms with van der Waals surface area (Å²) < 4.78 is 5.13. The molecule has 4 rings (SSSR count). The van der Waals surface area contributed by atoms with Crippen molar-refractivity contribution in [1.82, 2.24) is 0 Å². The predicted molar refractivity (Wildman–Crippen MR) is 132 cm³/mol. The summed E-state index contributed by atoms with van der Waals surface area (Å²) in [6.07, 6.45) is 1.83. The molecule has 170 valence electrons. The monoisotopic (exact) mass is 442 g/mol. The van der Waals surface area contributed by atoms with Crippen molar-refractivity contribution in [3.05, 3.63) is 95.6 Å². The van der Waals surface area contributed by atoms with Gasteiger partial charge in [0.15, 0.2) is 0 Å². The molecule has 5 heteroatoms. The number of rotatable bonds is 6. The molecule has 5 nitrogen and oxygen atoms in total. The van der Waals surface area contributed by atoms with Crippen molar-refractivity contribution in [2.75, 3.05) is 30.4 Å². The maximum absolute atomic E-state index is 12.6. The number of nitrogens with zero attached hydrogens (tertiary/aromatic N) is 1. The fourth-order valence-electron chi connectivity index (χ4n) is 4.66. The summed E-state index contributed by atoms with van der Waals surface area (Å²) in [5.74, 6) is -0.231. The molecule has 1 saturated heterocycles. The molecule has 1 amide bonds. The summed E-state index contributed by atoms with van der Waals surface area (Å²) in [6, 6.07) is 25.5. The van der Waals surface area contributed by atoms with E-state index < -0.39 is 0 Å². The van der Waals surface area contributed by atoms with Gasteiger partial charge in [0.2, 0.25) is 0 Å². The van der Waals surface area contributed by atoms with Crippen molar-refractivity contribution in [3.63, 3.8) is 0 Å². The van der Waals surface area contributed by atoms with Crippen LogP contribution in [0.25, 0.3) is 0 Å². The average Bonchev–Trinajstić information content (AvgIpc) is 2.86. The van der Waals surface area contributed by atoms with Gasteiger partial charge in [0, 0.05) is 30.0 Å². The van der Waals surface area contributed by atoms with E-state index in [0.29, 0.717) is 5.56 Å². The van der Waals surface area contributed by atoms with Crippen LogP contribution in [-0.4, -0.2) is 32.1 Å². The number of benzene rings is 3. The number of nitrogens with one attached hydrogen (secondary N) is 1. The second-order valence-corrected chi connectivity index (χ2v) is 8.55. The lowest BCUT2D eigenvalue weighted by Crippen LogP contribution is -2.37. The number of hydrogen-bond donors (Lipinski definition) is 1. The van der Waals surface area contributed by atoms with E-state index in [1.165, 1.54) is 7.11 Å². The van der Waals surface area contributed by atoms with Gasteiger partial charge in [-0.3, -0.25) is 9.59 Å². The normalized spacial score (nSPS) is 15.0. The third-order valence-electron chi connectivity index (χ3n) is 6.50. The van der Waals surface area contributed by atoms with Gasteiger partial charge in [-0.05, 0) is 67.1 Å². The highest BCUT2D eigenvalue weighted by Gasteiger charge is 2.33. The summed E-state index contributed by atoms with van der Waals surface area (Å²) in [5.41, 5.74) is 4.56. The van der Waals surface area contributed by atoms with E-state index in [4.69, 9.17) is 4.74 Å². The molecule has 3 aromatic rings. The number of amides is 1. The third kappa shape index (κ3) is 5.25. The minimum absolute atomic E-state index is 0.101. The molecule has 1 heterocycles. The van der Waals surface area contributed by atoms with Crippen molar-refractivity contribution in [1.29, 1.82) is 0 Å². The first-order valence-electron chi connectivity index (χ1n) is 11.4. The number of carbonyl (C=O) groups excluding carboxylic acids is 2. The number of methoxy groups -OCH3 is 1. The Balaban J connectivity index is 1.38. The molecule has 1 aliphatic heterocycles. The van der Waals surface area contributed by atoms with Crippen LogP contribution in [0.5, 0.6) is 0 Å². The van der Waals surface area contributed by atoms with Gasteiger partial charge in [-0.25, -0.2) is 0 Å². The molecule has 1 unspecified atom stereocenters. The zero-order valence-corrected chi connectivity index (χ0v) is 19.2. The highest BCUT2D eigenvalue weighted by Crippen LogP contribution is 2.35. The van der Waals surface area contributed by atoms with Crippen molar-refractivity contribution in [2.45, 2.75) is 25.7 Å². The Morgan fingerprint density at radius 3 is 2.18 bits per heavy atom. The third-order valence-corrected chi connectivity index (χ3v) is 6.50. The van der Waals surface area contributed by atoms with E-state index in [2.05, 4.69) is 10.2 Å². The lowest BCUT2D eigenvalue weighted by molar-refractivity contribution is -0.144. The van der Waals surface area contributed by atoms with Crippen molar-refractivity contribution in [2.24, 2.45) is 5.92 Å². The van der Waals surface area contributed by atoms with E-state index in [0.717, 1.165) is 48.4 Å². The zero-order chi connectivity index (χ0) is 23.2. The summed E-state index contributed by atoms with van der Waals surface area (Å²) in [7, 11) is 1.47. The smallest absolute Gasteiger partial charge is 0.313 e. The summed E-state index contributed by atoms with van der Waals surface area (Å²) in [5, 5.41) is 2.98. The lowest BCUT2D eigenvalue weighted by atomic mass is 9.80. The molecule has 1 N–H and O–H groups in total. The molecule has 0 aliphatic carbocycles. The van der Waals surface area contributed by atoms with Gasteiger partial charge in [0.05, 0.1) is 13.0 Å². The first kappa shape index (κ1) is 22.6. The number of piperidine rings is 1. The molecule has 0 spiro atoms. The summed E-state index contributed by atoms with van der Waals surface area (Å²) in [6.45, 7) is 3.68. The number of ether oxygens (including phenoxy) is 1. The first-order chi connectivity index (χ1) is 16.1. The topological polar surface area (TPSA) is 58.6 Å². The standard InChI is InChI=1S/C28H30N2O3/c1-20-8-6-7-11-25(20)27(31)29-23-12-14-24(15-13-23)30-18-16-22(17-19-30)26(28(32)33-2)21-9-4-3-5-10-21/h3-15,22,26H,16-19H2,1-2H3,(H,29,31). The zero-order valence-electron chi connectivity index (χ0n) is 19.2. The van der Waals surface area contributed by atoms with E-state index >= 15 is 0 Å². The maximum Gasteiger partial charge on any atom is 0.313 e. The van der Waals surface area contributed by atoms with E-state index in [1.54, 1.807) is 0 Å². The quantitative estimate of drug-likeness (QED) is 0.518. The highest BCUT2D eigenvalue weighted by molar-refractivity contribution is 6.05. The Morgan fingerprint density at radius 1 is 0.909 bits per heavy atom. The Kier molecular flexibility index (Phi) is 7.08. The van der Waals surface area contributed by atoms with Crippen molar-refractivity contribution >= 4 is 23.3 Å². The molecule has 0 bridgehead atoms. The fraction of sp³-hybridized carbons (Fsp3) is 0.286. The number of aryl methyl sites for hydroxylation is 1. The fourth-order valence-corrected chi connectivity index (χ4v) is 4.66. The molecule has 1 aliphatic rings. The second-order valence-electron chi connectivity index (χ2n) is 8.55. The molecule has 33 heavy (non-hydrogen) atoms. The minimum atomic E-state index is -0.225. The van der Waals surface area contributed by atoms with Gasteiger partial charge in [0.1, 0.15) is 0 Å². The van der Waals surface area contributed by atoms with Crippen molar-refractivity contribution in [3.8, 4) is 0 Å². The molecule has 0 aromatic heterocycles. The average molecular weight is 443 g/mol. The van der Waals surface area contributed by atoms with Crippen LogP contribution in [0.4, 0.5) is 11.4 Å². The molecular formula is C28H30N2O3. The number of anilines is 2. The van der Waals surface area contributed by atoms with Gasteiger partial charge in [-0.2, -0.15) is 0 Å². The van der Waals surface area contributed by atoms with Crippen LogP contribution in [0, 0.1) is 12.8 Å². The van der Waals surface area contributed by atoms with Crippen LogP contribution < -0.4 is 10.2 Å². The van der Waals surface area contributed by atoms with Crippen LogP contribution >= 0.6 is 0 Å². The maximum atomic E-state index is 12.6. The molecule has 0 saturated carbocycles. The van der Waals surface area contributed by atoms with Gasteiger partial charge >= 0.3 is 5.97 Å². The Morgan fingerprint density at radius 2 is 1.55 bits per heavy atom. The molecular weight excluding hydrogens is 412 g/mol. The molecule has 3 aromatic carbocycles. The van der Waals surface area contributed by atoms with Crippen molar-refractivity contribution < 1.29 is 14.3 Å². The SMILES string of the molecule is COC(=O)C(c1ccccc1)C1CCN(c2ccc(NC(=O)c3ccccc3C)cc2)CC1. The summed E-state index contributed by atoms with van der Waals surface area (Å²) >= 11 is 0. The number of hydrogen-bond acceptors (Lipinski definition) is 4. The van der Waals surface area contributed by atoms with Crippen LogP contribution in [0.3, 0.4) is 0 Å². The van der Waals surface area contributed by atoms with Gasteiger partial charge in [0.25, 0.3) is 5.91 Å². The second kappa shape index (κ2) is 10.3. The number of carbonyl (C=O) groups is 2. The van der Waals surface area contributed by atoms with Crippen LogP contribution in [-0.2, 0) is 9.53 Å². The van der Waals surface area contributed by atoms with Gasteiger partial charge in [-0.15, -0.1) is 0 Å². The molecule has 1 atom stereocenters. The summed E-state index contributed by atoms with van der Waals surface area (Å²) in [4.78, 5) is 27.4. The Hall–Kier alpha value is -3.60. The van der Waals surface area contributed by atoms with E-state index in [1.807, 2.05) is 85.8 Å². The lowest BCUT2D eigenvalue weighted by Gasteiger charge is -2.36. The Labute approximate surface area is 195 Å². The van der Waals surface area contributed by atoms with Crippen LogP contribution in [0.1, 0.15) is 40.2 Å². The van der Waals surface area contributed by atoms with E-state index in [-0.39, 0.29) is 23.7 Å². The predicted octanol–water partition coefficient (Wildman–Crippen LogP) is 5.42. The highest BCUT2D eigenvalue weighted by atomic mass is 16.5. The number of esters is 1. The van der Waals surface area contributed by atoms with Crippen LogP contribution in [0.15, 0.2) is 78.9 Å². The van der Waals surface area contributed by atoms with Crippen LogP contribution in [0.2, 0.25) is 0 Å². The van der Waals surface area contributed by atoms with E-state index in [9.17, 15) is 9.59 Å². The Bertz CT molecular complexity index is 1090.